The molecule has 116 valence electrons. The van der Waals surface area contributed by atoms with Crippen molar-refractivity contribution in [3.8, 4) is 6.07 Å². The van der Waals surface area contributed by atoms with E-state index >= 15 is 0 Å². The van der Waals surface area contributed by atoms with Crippen LogP contribution >= 0.6 is 11.3 Å². The van der Waals surface area contributed by atoms with Crippen LogP contribution in [0.2, 0.25) is 0 Å². The lowest BCUT2D eigenvalue weighted by Gasteiger charge is -2.08. The van der Waals surface area contributed by atoms with Crippen LogP contribution in [0.4, 0.5) is 0 Å². The van der Waals surface area contributed by atoms with Crippen LogP contribution in [0.25, 0.3) is 0 Å². The number of thiophene rings is 1. The summed E-state index contributed by atoms with van der Waals surface area (Å²) in [5.74, 6) is 0.0950. The molecule has 0 aliphatic rings. The third-order valence-electron chi connectivity index (χ3n) is 3.80. The first-order valence-corrected chi connectivity index (χ1v) is 7.98. The molecule has 7 heteroatoms. The largest absolute Gasteiger partial charge is 0.343 e. The Morgan fingerprint density at radius 1 is 1.43 bits per heavy atom. The fourth-order valence-electron chi connectivity index (χ4n) is 2.58. The quantitative estimate of drug-likeness (QED) is 0.676. The monoisotopic (exact) mass is 325 g/mol. The van der Waals surface area contributed by atoms with Crippen LogP contribution in [0, 0.1) is 25.2 Å². The number of aromatic nitrogens is 4. The second-order valence-electron chi connectivity index (χ2n) is 5.27. The lowest BCUT2D eigenvalue weighted by molar-refractivity contribution is 0.0971. The van der Waals surface area contributed by atoms with Crippen LogP contribution in [-0.2, 0) is 13.1 Å². The molecule has 3 aromatic rings. The molecular weight excluding hydrogens is 310 g/mol. The van der Waals surface area contributed by atoms with Gasteiger partial charge in [-0.15, -0.1) is 21.5 Å². The van der Waals surface area contributed by atoms with E-state index in [1.807, 2.05) is 37.4 Å². The Hall–Kier alpha value is -2.72. The molecule has 3 aromatic heterocycles. The zero-order valence-corrected chi connectivity index (χ0v) is 13.7. The summed E-state index contributed by atoms with van der Waals surface area (Å²) in [5, 5.41) is 18.3. The molecule has 0 spiro atoms. The van der Waals surface area contributed by atoms with Crippen molar-refractivity contribution in [1.29, 1.82) is 5.26 Å². The Balaban J connectivity index is 1.86. The molecule has 0 bridgehead atoms. The summed E-state index contributed by atoms with van der Waals surface area (Å²) in [6.07, 6.45) is 1.40. The van der Waals surface area contributed by atoms with Crippen molar-refractivity contribution in [2.24, 2.45) is 0 Å². The van der Waals surface area contributed by atoms with Gasteiger partial charge < -0.3 is 4.57 Å². The molecule has 0 aromatic carbocycles. The SMILES string of the molecule is Cc1cc(C(=O)Cn2cnnc2C#N)c(C)n1Cc1cccs1. The van der Waals surface area contributed by atoms with Crippen LogP contribution in [0.5, 0.6) is 0 Å². The van der Waals surface area contributed by atoms with E-state index in [1.54, 1.807) is 11.3 Å². The number of nitrogens with zero attached hydrogens (tertiary/aromatic N) is 5. The van der Waals surface area contributed by atoms with Crippen molar-refractivity contribution in [1.82, 2.24) is 19.3 Å². The topological polar surface area (TPSA) is 76.5 Å². The molecule has 0 amide bonds. The number of ketones is 1. The van der Waals surface area contributed by atoms with Crippen LogP contribution in [0.3, 0.4) is 0 Å². The summed E-state index contributed by atoms with van der Waals surface area (Å²) >= 11 is 1.70. The second kappa shape index (κ2) is 6.18. The first kappa shape index (κ1) is 15.2. The Labute approximate surface area is 137 Å². The van der Waals surface area contributed by atoms with Gasteiger partial charge in [0.1, 0.15) is 12.4 Å². The maximum Gasteiger partial charge on any atom is 0.235 e. The van der Waals surface area contributed by atoms with Crippen molar-refractivity contribution in [3.05, 3.63) is 57.6 Å². The van der Waals surface area contributed by atoms with E-state index in [4.69, 9.17) is 5.26 Å². The van der Waals surface area contributed by atoms with Gasteiger partial charge in [0.15, 0.2) is 5.78 Å². The molecule has 0 saturated carbocycles. The Kier molecular flexibility index (Phi) is 4.08. The number of hydrogen-bond acceptors (Lipinski definition) is 5. The first-order valence-electron chi connectivity index (χ1n) is 7.10. The van der Waals surface area contributed by atoms with Gasteiger partial charge in [-0.2, -0.15) is 5.26 Å². The van der Waals surface area contributed by atoms with E-state index in [9.17, 15) is 4.79 Å². The lowest BCUT2D eigenvalue weighted by atomic mass is 10.1. The minimum atomic E-state index is -0.0492. The highest BCUT2D eigenvalue weighted by Crippen LogP contribution is 2.20. The van der Waals surface area contributed by atoms with Crippen molar-refractivity contribution >= 4 is 17.1 Å². The fourth-order valence-corrected chi connectivity index (χ4v) is 3.27. The van der Waals surface area contributed by atoms with Crippen molar-refractivity contribution in [3.63, 3.8) is 0 Å². The minimum absolute atomic E-state index is 0.0492. The van der Waals surface area contributed by atoms with Crippen LogP contribution in [-0.4, -0.2) is 25.1 Å². The zero-order valence-electron chi connectivity index (χ0n) is 12.9. The number of carbonyl (C=O) groups excluding carboxylic acids is 1. The average molecular weight is 325 g/mol. The van der Waals surface area contributed by atoms with Gasteiger partial charge in [0.2, 0.25) is 5.82 Å². The maximum atomic E-state index is 12.6. The van der Waals surface area contributed by atoms with Crippen molar-refractivity contribution < 1.29 is 4.79 Å². The second-order valence-corrected chi connectivity index (χ2v) is 6.30. The third-order valence-corrected chi connectivity index (χ3v) is 4.66. The van der Waals surface area contributed by atoms with Gasteiger partial charge in [-0.1, -0.05) is 6.07 Å². The summed E-state index contributed by atoms with van der Waals surface area (Å²) in [6.45, 7) is 4.78. The van der Waals surface area contributed by atoms with E-state index < -0.39 is 0 Å². The molecule has 0 unspecified atom stereocenters. The molecule has 0 aliphatic carbocycles. The van der Waals surface area contributed by atoms with Gasteiger partial charge in [0.05, 0.1) is 13.1 Å². The highest BCUT2D eigenvalue weighted by Gasteiger charge is 2.17. The van der Waals surface area contributed by atoms with Gasteiger partial charge in [-0.25, -0.2) is 0 Å². The number of rotatable bonds is 5. The van der Waals surface area contributed by atoms with Crippen LogP contribution < -0.4 is 0 Å². The number of Topliss-reactive ketones (excluding diaryl/α,β-unsaturated/α-hetero) is 1. The Morgan fingerprint density at radius 3 is 2.96 bits per heavy atom. The van der Waals surface area contributed by atoms with Crippen molar-refractivity contribution in [2.45, 2.75) is 26.9 Å². The van der Waals surface area contributed by atoms with Crippen LogP contribution in [0.15, 0.2) is 29.9 Å². The average Bonchev–Trinajstić information content (AvgIpc) is 3.24. The summed E-state index contributed by atoms with van der Waals surface area (Å²) in [5.41, 5.74) is 2.66. The Morgan fingerprint density at radius 2 is 2.26 bits per heavy atom. The van der Waals surface area contributed by atoms with Crippen molar-refractivity contribution in [2.75, 3.05) is 0 Å². The molecule has 6 nitrogen and oxygen atoms in total. The summed E-state index contributed by atoms with van der Waals surface area (Å²) in [7, 11) is 0. The predicted molar refractivity (Wildman–Crippen MR) is 86.4 cm³/mol. The molecule has 0 atom stereocenters. The molecule has 0 aliphatic heterocycles. The van der Waals surface area contributed by atoms with E-state index in [1.165, 1.54) is 15.8 Å². The molecule has 0 fully saturated rings. The normalized spacial score (nSPS) is 10.7. The molecule has 0 N–H and O–H groups in total. The summed E-state index contributed by atoms with van der Waals surface area (Å²) < 4.78 is 3.60. The number of nitriles is 1. The first-order chi connectivity index (χ1) is 11.1. The predicted octanol–water partition coefficient (Wildman–Crippen LogP) is 2.56. The van der Waals surface area contributed by atoms with E-state index in [2.05, 4.69) is 20.8 Å². The fraction of sp³-hybridized carbons (Fsp3) is 0.250. The molecular formula is C16H15N5OS. The van der Waals surface area contributed by atoms with Gasteiger partial charge in [-0.3, -0.25) is 9.36 Å². The zero-order chi connectivity index (χ0) is 16.4. The molecule has 3 rings (SSSR count). The molecule has 0 radical (unpaired) electrons. The van der Waals surface area contributed by atoms with Gasteiger partial charge in [-0.05, 0) is 31.4 Å². The third kappa shape index (κ3) is 2.94. The summed E-state index contributed by atoms with van der Waals surface area (Å²) in [4.78, 5) is 13.8. The van der Waals surface area contributed by atoms with E-state index in [0.29, 0.717) is 5.56 Å². The van der Waals surface area contributed by atoms with E-state index in [-0.39, 0.29) is 18.2 Å². The standard InChI is InChI=1S/C16H15N5OS/c1-11-6-14(12(2)21(11)8-13-4-3-5-23-13)15(22)9-20-10-18-19-16(20)7-17/h3-6,10H,8-9H2,1-2H3. The summed E-state index contributed by atoms with van der Waals surface area (Å²) in [6, 6.07) is 7.94. The van der Waals surface area contributed by atoms with Gasteiger partial charge >= 0.3 is 0 Å². The molecule has 3 heterocycles. The van der Waals surface area contributed by atoms with Crippen LogP contribution in [0.1, 0.15) is 32.4 Å². The lowest BCUT2D eigenvalue weighted by Crippen LogP contribution is -2.12. The van der Waals surface area contributed by atoms with Gasteiger partial charge in [0, 0.05) is 21.8 Å². The Bertz CT molecular complexity index is 882. The smallest absolute Gasteiger partial charge is 0.235 e. The number of hydrogen-bond donors (Lipinski definition) is 0. The minimum Gasteiger partial charge on any atom is -0.343 e. The maximum absolute atomic E-state index is 12.6. The van der Waals surface area contributed by atoms with E-state index in [0.717, 1.165) is 17.9 Å². The highest BCUT2D eigenvalue weighted by atomic mass is 32.1. The number of carbonyl (C=O) groups is 1. The highest BCUT2D eigenvalue weighted by molar-refractivity contribution is 7.09. The number of aryl methyl sites for hydroxylation is 1. The van der Waals surface area contributed by atoms with Gasteiger partial charge in [0.25, 0.3) is 0 Å². The molecule has 0 saturated heterocycles. The molecule has 23 heavy (non-hydrogen) atoms.